The maximum absolute atomic E-state index is 12.1. The van der Waals surface area contributed by atoms with Crippen molar-refractivity contribution in [1.29, 1.82) is 0 Å². The third kappa shape index (κ3) is 4.99. The number of benzene rings is 1. The molecule has 0 aliphatic heterocycles. The Labute approximate surface area is 119 Å². The summed E-state index contributed by atoms with van der Waals surface area (Å²) in [4.78, 5) is 12.1. The SMILES string of the molecule is COc1cc(OC)cc(C(=O)NC(C)CCCCl)c1. The van der Waals surface area contributed by atoms with Gasteiger partial charge in [0.2, 0.25) is 0 Å². The van der Waals surface area contributed by atoms with E-state index in [2.05, 4.69) is 5.32 Å². The lowest BCUT2D eigenvalue weighted by atomic mass is 10.1. The minimum Gasteiger partial charge on any atom is -0.497 e. The topological polar surface area (TPSA) is 47.6 Å². The fourth-order valence-electron chi connectivity index (χ4n) is 1.70. The van der Waals surface area contributed by atoms with E-state index in [9.17, 15) is 4.79 Å². The number of nitrogens with one attached hydrogen (secondary N) is 1. The first kappa shape index (κ1) is 15.6. The first-order chi connectivity index (χ1) is 9.10. The van der Waals surface area contributed by atoms with E-state index in [0.717, 1.165) is 12.8 Å². The molecule has 0 saturated carbocycles. The second kappa shape index (κ2) is 7.89. The minimum absolute atomic E-state index is 0.0865. The van der Waals surface area contributed by atoms with Gasteiger partial charge in [0.1, 0.15) is 11.5 Å². The number of ether oxygens (including phenoxy) is 2. The Bertz CT molecular complexity index is 401. The molecule has 19 heavy (non-hydrogen) atoms. The van der Waals surface area contributed by atoms with Crippen molar-refractivity contribution in [3.63, 3.8) is 0 Å². The Morgan fingerprint density at radius 3 is 2.32 bits per heavy atom. The molecule has 5 heteroatoms. The number of methoxy groups -OCH3 is 2. The summed E-state index contributed by atoms with van der Waals surface area (Å²) in [5.74, 6) is 1.66. The van der Waals surface area contributed by atoms with Gasteiger partial charge in [-0.05, 0) is 31.9 Å². The van der Waals surface area contributed by atoms with Crippen LogP contribution in [-0.2, 0) is 0 Å². The predicted octanol–water partition coefficient (Wildman–Crippen LogP) is 2.84. The van der Waals surface area contributed by atoms with Crippen LogP contribution in [0.25, 0.3) is 0 Å². The molecule has 1 aromatic rings. The van der Waals surface area contributed by atoms with Crippen LogP contribution < -0.4 is 14.8 Å². The summed E-state index contributed by atoms with van der Waals surface area (Å²) in [7, 11) is 3.11. The minimum atomic E-state index is -0.140. The maximum Gasteiger partial charge on any atom is 0.251 e. The van der Waals surface area contributed by atoms with Gasteiger partial charge in [0.05, 0.1) is 14.2 Å². The highest BCUT2D eigenvalue weighted by molar-refractivity contribution is 6.17. The van der Waals surface area contributed by atoms with Crippen molar-refractivity contribution >= 4 is 17.5 Å². The largest absolute Gasteiger partial charge is 0.497 e. The zero-order valence-electron chi connectivity index (χ0n) is 11.5. The van der Waals surface area contributed by atoms with Crippen LogP contribution in [0.3, 0.4) is 0 Å². The third-order valence-corrected chi connectivity index (χ3v) is 3.03. The summed E-state index contributed by atoms with van der Waals surface area (Å²) in [5.41, 5.74) is 0.522. The van der Waals surface area contributed by atoms with E-state index in [-0.39, 0.29) is 11.9 Å². The number of amides is 1. The van der Waals surface area contributed by atoms with Crippen molar-refractivity contribution in [3.8, 4) is 11.5 Å². The predicted molar refractivity (Wildman–Crippen MR) is 76.4 cm³/mol. The van der Waals surface area contributed by atoms with Crippen LogP contribution in [0, 0.1) is 0 Å². The molecule has 1 amide bonds. The second-order valence-electron chi connectivity index (χ2n) is 4.31. The molecule has 1 aromatic carbocycles. The quantitative estimate of drug-likeness (QED) is 0.784. The van der Waals surface area contributed by atoms with E-state index in [1.54, 1.807) is 32.4 Å². The zero-order chi connectivity index (χ0) is 14.3. The van der Waals surface area contributed by atoms with Gasteiger partial charge >= 0.3 is 0 Å². The lowest BCUT2D eigenvalue weighted by Gasteiger charge is -2.14. The molecule has 0 heterocycles. The average Bonchev–Trinajstić information content (AvgIpc) is 2.44. The van der Waals surface area contributed by atoms with Gasteiger partial charge in [-0.2, -0.15) is 0 Å². The fourth-order valence-corrected chi connectivity index (χ4v) is 1.86. The lowest BCUT2D eigenvalue weighted by molar-refractivity contribution is 0.0937. The van der Waals surface area contributed by atoms with Crippen LogP contribution in [0.15, 0.2) is 18.2 Å². The van der Waals surface area contributed by atoms with Gasteiger partial charge in [0, 0.05) is 23.6 Å². The standard InChI is InChI=1S/C14H20ClNO3/c1-10(5-4-6-15)16-14(17)11-7-12(18-2)9-13(8-11)19-3/h7-10H,4-6H2,1-3H3,(H,16,17). The second-order valence-corrected chi connectivity index (χ2v) is 4.69. The van der Waals surface area contributed by atoms with Crippen LogP contribution in [0.1, 0.15) is 30.1 Å². The fraction of sp³-hybridized carbons (Fsp3) is 0.500. The normalized spacial score (nSPS) is 11.8. The van der Waals surface area contributed by atoms with Crippen molar-refractivity contribution in [2.45, 2.75) is 25.8 Å². The van der Waals surface area contributed by atoms with Crippen LogP contribution in [0.2, 0.25) is 0 Å². The molecule has 0 saturated heterocycles. The highest BCUT2D eigenvalue weighted by Crippen LogP contribution is 2.22. The number of hydrogen-bond acceptors (Lipinski definition) is 3. The molecule has 106 valence electrons. The molecule has 0 aliphatic rings. The maximum atomic E-state index is 12.1. The number of rotatable bonds is 7. The average molecular weight is 286 g/mol. The number of carbonyl (C=O) groups excluding carboxylic acids is 1. The van der Waals surface area contributed by atoms with Gasteiger partial charge in [-0.1, -0.05) is 0 Å². The van der Waals surface area contributed by atoms with E-state index in [1.807, 2.05) is 6.92 Å². The van der Waals surface area contributed by atoms with Crippen LogP contribution in [0.4, 0.5) is 0 Å². The summed E-state index contributed by atoms with van der Waals surface area (Å²) < 4.78 is 10.3. The highest BCUT2D eigenvalue weighted by Gasteiger charge is 2.12. The summed E-state index contributed by atoms with van der Waals surface area (Å²) in [6.07, 6.45) is 1.74. The van der Waals surface area contributed by atoms with Crippen molar-refractivity contribution in [3.05, 3.63) is 23.8 Å². The van der Waals surface area contributed by atoms with Crippen LogP contribution in [0.5, 0.6) is 11.5 Å². The highest BCUT2D eigenvalue weighted by atomic mass is 35.5. The lowest BCUT2D eigenvalue weighted by Crippen LogP contribution is -2.32. The summed E-state index contributed by atoms with van der Waals surface area (Å²) >= 11 is 5.63. The van der Waals surface area contributed by atoms with Gasteiger partial charge in [-0.3, -0.25) is 4.79 Å². The number of alkyl halides is 1. The number of carbonyl (C=O) groups is 1. The Kier molecular flexibility index (Phi) is 6.50. The van der Waals surface area contributed by atoms with E-state index in [1.165, 1.54) is 0 Å². The summed E-state index contributed by atoms with van der Waals surface area (Å²) in [5, 5.41) is 2.92. The van der Waals surface area contributed by atoms with Crippen molar-refractivity contribution in [1.82, 2.24) is 5.32 Å². The molecular formula is C14H20ClNO3. The van der Waals surface area contributed by atoms with Gasteiger partial charge in [-0.15, -0.1) is 11.6 Å². The van der Waals surface area contributed by atoms with Crippen LogP contribution >= 0.6 is 11.6 Å². The van der Waals surface area contributed by atoms with E-state index in [0.29, 0.717) is 22.9 Å². The van der Waals surface area contributed by atoms with E-state index in [4.69, 9.17) is 21.1 Å². The van der Waals surface area contributed by atoms with Gasteiger partial charge in [0.15, 0.2) is 0 Å². The Hall–Kier alpha value is -1.42. The first-order valence-corrected chi connectivity index (χ1v) is 6.74. The molecule has 0 spiro atoms. The smallest absolute Gasteiger partial charge is 0.251 e. The molecular weight excluding hydrogens is 266 g/mol. The van der Waals surface area contributed by atoms with Crippen molar-refractivity contribution < 1.29 is 14.3 Å². The Balaban J connectivity index is 2.75. The van der Waals surface area contributed by atoms with E-state index < -0.39 is 0 Å². The van der Waals surface area contributed by atoms with Gasteiger partial charge in [0.25, 0.3) is 5.91 Å². The first-order valence-electron chi connectivity index (χ1n) is 6.20. The molecule has 1 N–H and O–H groups in total. The van der Waals surface area contributed by atoms with E-state index >= 15 is 0 Å². The van der Waals surface area contributed by atoms with Crippen LogP contribution in [-0.4, -0.2) is 32.0 Å². The number of halogens is 1. The molecule has 0 fully saturated rings. The van der Waals surface area contributed by atoms with Crippen molar-refractivity contribution in [2.75, 3.05) is 20.1 Å². The summed E-state index contributed by atoms with van der Waals surface area (Å²) in [6, 6.07) is 5.19. The number of hydrogen-bond donors (Lipinski definition) is 1. The molecule has 0 aromatic heterocycles. The molecule has 1 unspecified atom stereocenters. The third-order valence-electron chi connectivity index (χ3n) is 2.76. The van der Waals surface area contributed by atoms with Gasteiger partial charge in [-0.25, -0.2) is 0 Å². The zero-order valence-corrected chi connectivity index (χ0v) is 12.3. The monoisotopic (exact) mass is 285 g/mol. The summed E-state index contributed by atoms with van der Waals surface area (Å²) in [6.45, 7) is 1.96. The molecule has 0 radical (unpaired) electrons. The van der Waals surface area contributed by atoms with Gasteiger partial charge < -0.3 is 14.8 Å². The molecule has 0 bridgehead atoms. The molecule has 1 rings (SSSR count). The Morgan fingerprint density at radius 1 is 1.26 bits per heavy atom. The van der Waals surface area contributed by atoms with Crippen molar-refractivity contribution in [2.24, 2.45) is 0 Å². The Morgan fingerprint density at radius 2 is 1.84 bits per heavy atom. The molecule has 4 nitrogen and oxygen atoms in total. The molecule has 1 atom stereocenters. The molecule has 0 aliphatic carbocycles.